The van der Waals surface area contributed by atoms with Crippen LogP contribution in [0.2, 0.25) is 5.02 Å². The van der Waals surface area contributed by atoms with Crippen LogP contribution in [0, 0.1) is 26.7 Å². The summed E-state index contributed by atoms with van der Waals surface area (Å²) in [5.74, 6) is 0.194. The zero-order valence-electron chi connectivity index (χ0n) is 17.4. The van der Waals surface area contributed by atoms with E-state index in [1.807, 2.05) is 18.2 Å². The van der Waals surface area contributed by atoms with E-state index in [1.165, 1.54) is 22.3 Å². The molecule has 0 spiro atoms. The second-order valence-electron chi connectivity index (χ2n) is 8.19. The molecule has 1 N–H and O–H groups in total. The van der Waals surface area contributed by atoms with Gasteiger partial charge in [0.1, 0.15) is 0 Å². The van der Waals surface area contributed by atoms with Crippen molar-refractivity contribution in [3.05, 3.63) is 69.2 Å². The topological polar surface area (TPSA) is 32.3 Å². The van der Waals surface area contributed by atoms with E-state index >= 15 is 0 Å². The molecule has 0 radical (unpaired) electrons. The lowest BCUT2D eigenvalue weighted by Crippen LogP contribution is -2.43. The third-order valence-electron chi connectivity index (χ3n) is 5.94. The standard InChI is InChI=1S/C24H31ClN2O/c1-16-12-18(3)22(13-17(16)2)19(4)26-24(28)21-9-7-11-27(15-21)14-20-8-5-6-10-23(20)25/h5-6,8,10,12-13,19,21H,7,9,11,14-15H2,1-4H3,(H,26,28)/t19-,21+/m0/s1. The molecule has 1 heterocycles. The first kappa shape index (κ1) is 20.9. The van der Waals surface area contributed by atoms with Gasteiger partial charge in [-0.3, -0.25) is 9.69 Å². The average molecular weight is 399 g/mol. The predicted molar refractivity (Wildman–Crippen MR) is 117 cm³/mol. The van der Waals surface area contributed by atoms with Gasteiger partial charge in [-0.15, -0.1) is 0 Å². The Morgan fingerprint density at radius 3 is 2.64 bits per heavy atom. The fourth-order valence-electron chi connectivity index (χ4n) is 4.14. The number of piperidine rings is 1. The molecule has 0 aliphatic carbocycles. The van der Waals surface area contributed by atoms with Crippen LogP contribution in [-0.4, -0.2) is 23.9 Å². The Morgan fingerprint density at radius 2 is 1.89 bits per heavy atom. The fraction of sp³-hybridized carbons (Fsp3) is 0.458. The zero-order valence-corrected chi connectivity index (χ0v) is 18.1. The predicted octanol–water partition coefficient (Wildman–Crippen LogP) is 5.35. The van der Waals surface area contributed by atoms with Crippen molar-refractivity contribution in [3.8, 4) is 0 Å². The first-order valence-electron chi connectivity index (χ1n) is 10.2. The molecule has 150 valence electrons. The summed E-state index contributed by atoms with van der Waals surface area (Å²) in [5, 5.41) is 4.06. The van der Waals surface area contributed by atoms with Gasteiger partial charge in [0.2, 0.25) is 5.91 Å². The monoisotopic (exact) mass is 398 g/mol. The molecule has 2 atom stereocenters. The Bertz CT molecular complexity index is 848. The van der Waals surface area contributed by atoms with Crippen molar-refractivity contribution in [2.75, 3.05) is 13.1 Å². The number of amides is 1. The second-order valence-corrected chi connectivity index (χ2v) is 8.60. The van der Waals surface area contributed by atoms with E-state index in [0.29, 0.717) is 0 Å². The number of nitrogens with one attached hydrogen (secondary N) is 1. The van der Waals surface area contributed by atoms with E-state index < -0.39 is 0 Å². The van der Waals surface area contributed by atoms with Crippen LogP contribution < -0.4 is 5.32 Å². The number of carbonyl (C=O) groups is 1. The minimum Gasteiger partial charge on any atom is -0.349 e. The van der Waals surface area contributed by atoms with Crippen LogP contribution in [0.3, 0.4) is 0 Å². The Hall–Kier alpha value is -1.84. The first-order chi connectivity index (χ1) is 13.3. The van der Waals surface area contributed by atoms with Crippen LogP contribution in [0.25, 0.3) is 0 Å². The molecule has 4 heteroatoms. The summed E-state index contributed by atoms with van der Waals surface area (Å²) >= 11 is 6.31. The molecule has 3 rings (SSSR count). The van der Waals surface area contributed by atoms with E-state index in [4.69, 9.17) is 11.6 Å². The van der Waals surface area contributed by atoms with Gasteiger partial charge in [0.05, 0.1) is 12.0 Å². The molecular weight excluding hydrogens is 368 g/mol. The summed E-state index contributed by atoms with van der Waals surface area (Å²) in [6, 6.07) is 12.4. The van der Waals surface area contributed by atoms with Gasteiger partial charge in [-0.25, -0.2) is 0 Å². The number of aryl methyl sites for hydroxylation is 3. The van der Waals surface area contributed by atoms with Gasteiger partial charge in [0.15, 0.2) is 0 Å². The summed E-state index contributed by atoms with van der Waals surface area (Å²) in [7, 11) is 0. The highest BCUT2D eigenvalue weighted by Gasteiger charge is 2.27. The molecule has 28 heavy (non-hydrogen) atoms. The highest BCUT2D eigenvalue weighted by molar-refractivity contribution is 6.31. The normalized spacial score (nSPS) is 18.7. The van der Waals surface area contributed by atoms with E-state index in [1.54, 1.807) is 0 Å². The molecule has 1 aliphatic heterocycles. The van der Waals surface area contributed by atoms with Gasteiger partial charge in [-0.1, -0.05) is 41.9 Å². The van der Waals surface area contributed by atoms with E-state index in [-0.39, 0.29) is 17.9 Å². The first-order valence-corrected chi connectivity index (χ1v) is 10.6. The van der Waals surface area contributed by atoms with Gasteiger partial charge in [0.25, 0.3) is 0 Å². The molecule has 0 aromatic heterocycles. The van der Waals surface area contributed by atoms with Crippen molar-refractivity contribution < 1.29 is 4.79 Å². The number of carbonyl (C=O) groups excluding carboxylic acids is 1. The van der Waals surface area contributed by atoms with Crippen LogP contribution in [-0.2, 0) is 11.3 Å². The fourth-order valence-corrected chi connectivity index (χ4v) is 4.33. The van der Waals surface area contributed by atoms with Gasteiger partial charge >= 0.3 is 0 Å². The quantitative estimate of drug-likeness (QED) is 0.735. The summed E-state index contributed by atoms with van der Waals surface area (Å²) in [6.45, 7) is 11.1. The Morgan fingerprint density at radius 1 is 1.18 bits per heavy atom. The van der Waals surface area contributed by atoms with Crippen molar-refractivity contribution in [3.63, 3.8) is 0 Å². The summed E-state index contributed by atoms with van der Waals surface area (Å²) < 4.78 is 0. The number of halogens is 1. The number of rotatable bonds is 5. The molecule has 1 fully saturated rings. The SMILES string of the molecule is Cc1cc(C)c([C@H](C)NC(=O)[C@@H]2CCCN(Cc3ccccc3Cl)C2)cc1C. The van der Waals surface area contributed by atoms with Gasteiger partial charge in [0, 0.05) is 18.1 Å². The molecule has 1 aliphatic rings. The van der Waals surface area contributed by atoms with Crippen molar-refractivity contribution in [2.45, 2.75) is 53.1 Å². The Balaban J connectivity index is 1.62. The van der Waals surface area contributed by atoms with Crippen LogP contribution in [0.4, 0.5) is 0 Å². The maximum absolute atomic E-state index is 12.9. The molecule has 0 saturated carbocycles. The van der Waals surface area contributed by atoms with E-state index in [0.717, 1.165) is 43.1 Å². The minimum absolute atomic E-state index is 0.0192. The number of hydrogen-bond donors (Lipinski definition) is 1. The molecule has 1 amide bonds. The Kier molecular flexibility index (Phi) is 6.79. The van der Waals surface area contributed by atoms with Gasteiger partial charge in [-0.05, 0) is 81.0 Å². The number of nitrogens with zero attached hydrogens (tertiary/aromatic N) is 1. The second kappa shape index (κ2) is 9.11. The zero-order chi connectivity index (χ0) is 20.3. The van der Waals surface area contributed by atoms with Crippen LogP contribution >= 0.6 is 11.6 Å². The summed E-state index contributed by atoms with van der Waals surface area (Å²) in [6.07, 6.45) is 1.99. The van der Waals surface area contributed by atoms with E-state index in [2.05, 4.69) is 56.1 Å². The van der Waals surface area contributed by atoms with Gasteiger partial charge < -0.3 is 5.32 Å². The Labute approximate surface area is 174 Å². The van der Waals surface area contributed by atoms with Crippen molar-refractivity contribution in [1.82, 2.24) is 10.2 Å². The third kappa shape index (κ3) is 4.95. The minimum atomic E-state index is 0.0192. The lowest BCUT2D eigenvalue weighted by atomic mass is 9.94. The molecule has 1 saturated heterocycles. The smallest absolute Gasteiger partial charge is 0.224 e. The van der Waals surface area contributed by atoms with E-state index in [9.17, 15) is 4.79 Å². The van der Waals surface area contributed by atoms with Gasteiger partial charge in [-0.2, -0.15) is 0 Å². The lowest BCUT2D eigenvalue weighted by Gasteiger charge is -2.33. The maximum atomic E-state index is 12.9. The lowest BCUT2D eigenvalue weighted by molar-refractivity contribution is -0.127. The highest BCUT2D eigenvalue weighted by atomic mass is 35.5. The van der Waals surface area contributed by atoms with Crippen molar-refractivity contribution >= 4 is 17.5 Å². The number of likely N-dealkylation sites (tertiary alicyclic amines) is 1. The van der Waals surface area contributed by atoms with Crippen LogP contribution in [0.15, 0.2) is 36.4 Å². The molecule has 3 nitrogen and oxygen atoms in total. The molecule has 2 aromatic carbocycles. The average Bonchev–Trinajstić information content (AvgIpc) is 2.66. The third-order valence-corrected chi connectivity index (χ3v) is 6.30. The summed E-state index contributed by atoms with van der Waals surface area (Å²) in [4.78, 5) is 15.3. The number of hydrogen-bond acceptors (Lipinski definition) is 2. The molecule has 2 aromatic rings. The molecule has 0 unspecified atom stereocenters. The number of benzene rings is 2. The maximum Gasteiger partial charge on any atom is 0.224 e. The largest absolute Gasteiger partial charge is 0.349 e. The van der Waals surface area contributed by atoms with Crippen LogP contribution in [0.1, 0.15) is 53.6 Å². The van der Waals surface area contributed by atoms with Crippen molar-refractivity contribution in [1.29, 1.82) is 0 Å². The van der Waals surface area contributed by atoms with Crippen molar-refractivity contribution in [2.24, 2.45) is 5.92 Å². The molecular formula is C24H31ClN2O. The van der Waals surface area contributed by atoms with Crippen LogP contribution in [0.5, 0.6) is 0 Å². The summed E-state index contributed by atoms with van der Waals surface area (Å²) in [5.41, 5.74) is 6.14. The molecule has 0 bridgehead atoms. The highest BCUT2D eigenvalue weighted by Crippen LogP contribution is 2.25.